The molecule has 1 saturated heterocycles. The van der Waals surface area contributed by atoms with Gasteiger partial charge in [0, 0.05) is 31.6 Å². The van der Waals surface area contributed by atoms with E-state index >= 15 is 0 Å². The minimum Gasteiger partial charge on any atom is -0.386 e. The molecular formula is C20H28N4O3. The average molecular weight is 372 g/mol. The smallest absolute Gasteiger partial charge is 0.271 e. The number of oxime groups is 1. The lowest BCUT2D eigenvalue weighted by atomic mass is 9.86. The van der Waals surface area contributed by atoms with E-state index in [-0.39, 0.29) is 11.8 Å². The second-order valence-electron chi connectivity index (χ2n) is 8.55. The van der Waals surface area contributed by atoms with Crippen LogP contribution >= 0.6 is 0 Å². The van der Waals surface area contributed by atoms with Gasteiger partial charge in [-0.1, -0.05) is 32.0 Å². The molecule has 1 aromatic rings. The number of aromatic nitrogens is 1. The molecule has 2 amide bonds. The maximum Gasteiger partial charge on any atom is 0.271 e. The molecule has 7 nitrogen and oxygen atoms in total. The maximum atomic E-state index is 12.8. The van der Waals surface area contributed by atoms with Gasteiger partial charge in [0.2, 0.25) is 5.91 Å². The molecule has 3 heterocycles. The molecule has 146 valence electrons. The molecule has 3 rings (SSSR count). The van der Waals surface area contributed by atoms with Crippen LogP contribution in [0.15, 0.2) is 29.6 Å². The van der Waals surface area contributed by atoms with Crippen LogP contribution in [0.4, 0.5) is 0 Å². The summed E-state index contributed by atoms with van der Waals surface area (Å²) in [4.78, 5) is 38.8. The predicted molar refractivity (Wildman–Crippen MR) is 102 cm³/mol. The van der Waals surface area contributed by atoms with E-state index in [1.165, 1.54) is 0 Å². The minimum absolute atomic E-state index is 0.109. The highest BCUT2D eigenvalue weighted by atomic mass is 16.7. The third kappa shape index (κ3) is 4.28. The number of piperidine rings is 1. The summed E-state index contributed by atoms with van der Waals surface area (Å²) in [6.45, 7) is 7.39. The number of hydrogen-bond acceptors (Lipinski definition) is 5. The highest BCUT2D eigenvalue weighted by Crippen LogP contribution is 2.35. The first-order valence-corrected chi connectivity index (χ1v) is 9.40. The lowest BCUT2D eigenvalue weighted by Gasteiger charge is -2.40. The molecule has 1 spiro atoms. The number of hydrogen-bond donors (Lipinski definition) is 0. The van der Waals surface area contributed by atoms with Crippen molar-refractivity contribution in [2.24, 2.45) is 10.6 Å². The largest absolute Gasteiger partial charge is 0.386 e. The first kappa shape index (κ1) is 19.3. The Morgan fingerprint density at radius 1 is 1.33 bits per heavy atom. The van der Waals surface area contributed by atoms with Crippen LogP contribution in [-0.4, -0.2) is 58.0 Å². The summed E-state index contributed by atoms with van der Waals surface area (Å²) in [5.41, 5.74) is 0.232. The van der Waals surface area contributed by atoms with E-state index < -0.39 is 11.0 Å². The molecule has 27 heavy (non-hydrogen) atoms. The van der Waals surface area contributed by atoms with Crippen LogP contribution in [0.5, 0.6) is 0 Å². The summed E-state index contributed by atoms with van der Waals surface area (Å²) in [5, 5.41) is 4.10. The van der Waals surface area contributed by atoms with Crippen LogP contribution in [0.3, 0.4) is 0 Å². The fourth-order valence-corrected chi connectivity index (χ4v) is 3.63. The van der Waals surface area contributed by atoms with Crippen molar-refractivity contribution in [3.8, 4) is 0 Å². The van der Waals surface area contributed by atoms with Gasteiger partial charge in [0.25, 0.3) is 5.91 Å². The second kappa shape index (κ2) is 7.29. The Bertz CT molecular complexity index is 741. The van der Waals surface area contributed by atoms with E-state index in [4.69, 9.17) is 4.84 Å². The molecule has 1 unspecified atom stereocenters. The SMILES string of the molecule is CN(Cc1ccccn1)C(=O)C1=NOC2(CCCN(C(=O)C(C)(C)C)C2)C1. The van der Waals surface area contributed by atoms with Gasteiger partial charge >= 0.3 is 0 Å². The van der Waals surface area contributed by atoms with Crippen LogP contribution in [0, 0.1) is 5.41 Å². The Labute approximate surface area is 160 Å². The zero-order chi connectivity index (χ0) is 19.7. The Morgan fingerprint density at radius 3 is 2.78 bits per heavy atom. The van der Waals surface area contributed by atoms with Gasteiger partial charge in [-0.05, 0) is 25.0 Å². The van der Waals surface area contributed by atoms with Gasteiger partial charge in [0.05, 0.1) is 18.8 Å². The van der Waals surface area contributed by atoms with E-state index in [2.05, 4.69) is 10.1 Å². The summed E-state index contributed by atoms with van der Waals surface area (Å²) in [5.74, 6) is -0.0472. The highest BCUT2D eigenvalue weighted by Gasteiger charge is 2.47. The molecule has 0 radical (unpaired) electrons. The Kier molecular flexibility index (Phi) is 5.22. The number of nitrogens with zero attached hydrogens (tertiary/aromatic N) is 4. The van der Waals surface area contributed by atoms with Crippen molar-refractivity contribution < 1.29 is 14.4 Å². The molecule has 1 aromatic heterocycles. The normalized spacial score (nSPS) is 22.4. The minimum atomic E-state index is -0.573. The monoisotopic (exact) mass is 372 g/mol. The van der Waals surface area contributed by atoms with E-state index in [0.29, 0.717) is 25.2 Å². The van der Waals surface area contributed by atoms with Crippen LogP contribution in [-0.2, 0) is 21.0 Å². The van der Waals surface area contributed by atoms with Gasteiger partial charge in [0.15, 0.2) is 5.60 Å². The highest BCUT2D eigenvalue weighted by molar-refractivity contribution is 6.39. The van der Waals surface area contributed by atoms with Crippen molar-refractivity contribution in [2.45, 2.75) is 52.2 Å². The number of amides is 2. The Balaban J connectivity index is 1.63. The number of carbonyl (C=O) groups is 2. The van der Waals surface area contributed by atoms with E-state index in [1.54, 1.807) is 18.1 Å². The number of pyridine rings is 1. The second-order valence-corrected chi connectivity index (χ2v) is 8.55. The quantitative estimate of drug-likeness (QED) is 0.815. The van der Waals surface area contributed by atoms with Crippen molar-refractivity contribution in [2.75, 3.05) is 20.1 Å². The van der Waals surface area contributed by atoms with Crippen LogP contribution in [0.25, 0.3) is 0 Å². The van der Waals surface area contributed by atoms with Gasteiger partial charge < -0.3 is 14.6 Å². The van der Waals surface area contributed by atoms with E-state index in [0.717, 1.165) is 25.1 Å². The van der Waals surface area contributed by atoms with Crippen molar-refractivity contribution >= 4 is 17.5 Å². The van der Waals surface area contributed by atoms with Gasteiger partial charge in [-0.25, -0.2) is 0 Å². The standard InChI is InChI=1S/C20H28N4O3/c1-19(2,3)18(26)24-11-7-9-20(14-24)12-16(22-27-20)17(25)23(4)13-15-8-5-6-10-21-15/h5-6,8,10H,7,9,11-14H2,1-4H3. The lowest BCUT2D eigenvalue weighted by Crippen LogP contribution is -2.53. The van der Waals surface area contributed by atoms with Gasteiger partial charge in [-0.3, -0.25) is 14.6 Å². The predicted octanol–water partition coefficient (Wildman–Crippen LogP) is 2.22. The Hall–Kier alpha value is -2.44. The molecule has 0 saturated carbocycles. The molecule has 0 aliphatic carbocycles. The zero-order valence-corrected chi connectivity index (χ0v) is 16.6. The number of carbonyl (C=O) groups excluding carboxylic acids is 2. The molecule has 0 aromatic carbocycles. The maximum absolute atomic E-state index is 12.8. The lowest BCUT2D eigenvalue weighted by molar-refractivity contribution is -0.148. The van der Waals surface area contributed by atoms with Crippen molar-refractivity contribution in [3.05, 3.63) is 30.1 Å². The summed E-state index contributed by atoms with van der Waals surface area (Å²) in [6.07, 6.45) is 3.79. The first-order chi connectivity index (χ1) is 12.7. The van der Waals surface area contributed by atoms with Crippen molar-refractivity contribution in [1.82, 2.24) is 14.8 Å². The Morgan fingerprint density at radius 2 is 2.11 bits per heavy atom. The number of rotatable bonds is 3. The molecule has 2 aliphatic rings. The van der Waals surface area contributed by atoms with Gasteiger partial charge in [0.1, 0.15) is 5.71 Å². The molecule has 1 atom stereocenters. The van der Waals surface area contributed by atoms with Crippen LogP contribution < -0.4 is 0 Å². The van der Waals surface area contributed by atoms with Crippen LogP contribution in [0.2, 0.25) is 0 Å². The van der Waals surface area contributed by atoms with Crippen molar-refractivity contribution in [3.63, 3.8) is 0 Å². The third-order valence-corrected chi connectivity index (χ3v) is 5.03. The molecule has 1 fully saturated rings. The van der Waals surface area contributed by atoms with E-state index in [9.17, 15) is 9.59 Å². The molecule has 0 N–H and O–H groups in total. The summed E-state index contributed by atoms with van der Waals surface area (Å²) < 4.78 is 0. The number of likely N-dealkylation sites (tertiary alicyclic amines) is 1. The molecule has 0 bridgehead atoms. The van der Waals surface area contributed by atoms with Crippen molar-refractivity contribution in [1.29, 1.82) is 0 Å². The third-order valence-electron chi connectivity index (χ3n) is 5.03. The fraction of sp³-hybridized carbons (Fsp3) is 0.600. The van der Waals surface area contributed by atoms with E-state index in [1.807, 2.05) is 43.9 Å². The zero-order valence-electron chi connectivity index (χ0n) is 16.6. The van der Waals surface area contributed by atoms with Gasteiger partial charge in [-0.15, -0.1) is 0 Å². The fourth-order valence-electron chi connectivity index (χ4n) is 3.63. The average Bonchev–Trinajstić information content (AvgIpc) is 3.03. The molecular weight excluding hydrogens is 344 g/mol. The summed E-state index contributed by atoms with van der Waals surface area (Å²) in [6, 6.07) is 5.63. The van der Waals surface area contributed by atoms with Gasteiger partial charge in [-0.2, -0.15) is 0 Å². The molecule has 7 heteroatoms. The molecule has 2 aliphatic heterocycles. The summed E-state index contributed by atoms with van der Waals surface area (Å²) in [7, 11) is 1.74. The van der Waals surface area contributed by atoms with Crippen LogP contribution in [0.1, 0.15) is 45.7 Å². The first-order valence-electron chi connectivity index (χ1n) is 9.40. The summed E-state index contributed by atoms with van der Waals surface area (Å²) >= 11 is 0. The topological polar surface area (TPSA) is 75.1 Å².